The smallest absolute Gasteiger partial charge is 0.314 e. The van der Waals surface area contributed by atoms with E-state index in [1.807, 2.05) is 43.3 Å². The summed E-state index contributed by atoms with van der Waals surface area (Å²) < 4.78 is 3.36. The van der Waals surface area contributed by atoms with E-state index in [0.717, 1.165) is 23.2 Å². The van der Waals surface area contributed by atoms with Gasteiger partial charge in [-0.15, -0.1) is 10.2 Å². The second-order valence-electron chi connectivity index (χ2n) is 5.70. The number of fused-ring (bicyclic) bond motifs is 3. The van der Waals surface area contributed by atoms with Gasteiger partial charge in [0.2, 0.25) is 0 Å². The van der Waals surface area contributed by atoms with Crippen LogP contribution in [-0.4, -0.2) is 30.5 Å². The molecule has 0 amide bonds. The highest BCUT2D eigenvalue weighted by Gasteiger charge is 2.18. The van der Waals surface area contributed by atoms with Gasteiger partial charge in [0.15, 0.2) is 11.2 Å². The van der Waals surface area contributed by atoms with Crippen molar-refractivity contribution in [3.8, 4) is 11.1 Å². The number of carbonyl (C=O) groups excluding carboxylic acids is 2. The summed E-state index contributed by atoms with van der Waals surface area (Å²) in [5.74, 6) is 0. The van der Waals surface area contributed by atoms with Crippen LogP contribution in [0.15, 0.2) is 47.4 Å². The third kappa shape index (κ3) is 3.14. The zero-order valence-electron chi connectivity index (χ0n) is 14.9. The fourth-order valence-corrected chi connectivity index (χ4v) is 3.03. The molecule has 0 unspecified atom stereocenters. The number of hydrogen-bond donors (Lipinski definition) is 0. The lowest BCUT2D eigenvalue weighted by molar-refractivity contribution is -0.191. The normalized spacial score (nSPS) is 10.4. The van der Waals surface area contributed by atoms with Gasteiger partial charge in [-0.05, 0) is 25.0 Å². The van der Waals surface area contributed by atoms with Gasteiger partial charge >= 0.3 is 6.15 Å². The standard InChI is InChI=1S/C18H17N5O.CO2/c1-3-13-15(12-8-6-5-7-9-12)17-20-19-16-14(23(17)21-13)10-11-22(4-2)18(16)24;2-1-3/h5-11H,3-4H2,1-2H3;. The van der Waals surface area contributed by atoms with Crippen LogP contribution in [0, 0.1) is 0 Å². The monoisotopic (exact) mass is 363 g/mol. The summed E-state index contributed by atoms with van der Waals surface area (Å²) in [6.07, 6.45) is 2.81. The van der Waals surface area contributed by atoms with Gasteiger partial charge in [-0.2, -0.15) is 14.7 Å². The average Bonchev–Trinajstić information content (AvgIpc) is 3.08. The molecule has 0 aliphatic carbocycles. The van der Waals surface area contributed by atoms with Crippen molar-refractivity contribution >= 4 is 22.8 Å². The lowest BCUT2D eigenvalue weighted by atomic mass is 10.0. The first-order chi connectivity index (χ1) is 13.2. The molecule has 27 heavy (non-hydrogen) atoms. The van der Waals surface area contributed by atoms with E-state index in [1.165, 1.54) is 0 Å². The van der Waals surface area contributed by atoms with Crippen molar-refractivity contribution in [3.05, 3.63) is 58.6 Å². The van der Waals surface area contributed by atoms with Crippen molar-refractivity contribution in [1.82, 2.24) is 24.4 Å². The van der Waals surface area contributed by atoms with Crippen molar-refractivity contribution in [2.45, 2.75) is 26.8 Å². The summed E-state index contributed by atoms with van der Waals surface area (Å²) in [5, 5.41) is 13.2. The number of hydrogen-bond acceptors (Lipinski definition) is 6. The number of aryl methyl sites for hydroxylation is 2. The molecule has 3 aromatic heterocycles. The Kier molecular flexibility index (Phi) is 5.19. The molecule has 3 heterocycles. The Morgan fingerprint density at radius 3 is 2.37 bits per heavy atom. The molecular weight excluding hydrogens is 346 g/mol. The predicted octanol–water partition coefficient (Wildman–Crippen LogP) is 2.10. The van der Waals surface area contributed by atoms with E-state index >= 15 is 0 Å². The fourth-order valence-electron chi connectivity index (χ4n) is 3.03. The van der Waals surface area contributed by atoms with Crippen LogP contribution in [0.1, 0.15) is 19.5 Å². The van der Waals surface area contributed by atoms with Crippen LogP contribution in [0.2, 0.25) is 0 Å². The Hall–Kier alpha value is -3.64. The van der Waals surface area contributed by atoms with Crippen LogP contribution in [0.5, 0.6) is 0 Å². The number of pyridine rings is 1. The first kappa shape index (κ1) is 18.2. The summed E-state index contributed by atoms with van der Waals surface area (Å²) in [4.78, 5) is 28.7. The molecule has 0 atom stereocenters. The van der Waals surface area contributed by atoms with Gasteiger partial charge < -0.3 is 4.57 Å². The van der Waals surface area contributed by atoms with E-state index in [2.05, 4.69) is 17.1 Å². The van der Waals surface area contributed by atoms with Crippen LogP contribution in [-0.2, 0) is 22.6 Å². The molecule has 4 aromatic rings. The third-order valence-electron chi connectivity index (χ3n) is 4.26. The van der Waals surface area contributed by atoms with Gasteiger partial charge in [-0.25, -0.2) is 4.52 Å². The lowest BCUT2D eigenvalue weighted by Gasteiger charge is -2.04. The van der Waals surface area contributed by atoms with E-state index in [9.17, 15) is 4.79 Å². The highest BCUT2D eigenvalue weighted by molar-refractivity contribution is 5.84. The molecule has 8 heteroatoms. The van der Waals surface area contributed by atoms with Crippen molar-refractivity contribution in [2.24, 2.45) is 0 Å². The Morgan fingerprint density at radius 2 is 1.74 bits per heavy atom. The molecule has 8 nitrogen and oxygen atoms in total. The van der Waals surface area contributed by atoms with E-state index in [0.29, 0.717) is 23.2 Å². The maximum Gasteiger partial charge on any atom is 0.373 e. The molecule has 0 N–H and O–H groups in total. The van der Waals surface area contributed by atoms with Crippen molar-refractivity contribution in [1.29, 1.82) is 0 Å². The quantitative estimate of drug-likeness (QED) is 0.553. The molecule has 0 aliphatic rings. The number of aromatic nitrogens is 5. The molecule has 0 saturated carbocycles. The lowest BCUT2D eigenvalue weighted by Crippen LogP contribution is -2.20. The number of rotatable bonds is 3. The number of nitrogens with zero attached hydrogens (tertiary/aromatic N) is 5. The molecule has 4 rings (SSSR count). The molecule has 0 radical (unpaired) electrons. The van der Waals surface area contributed by atoms with Gasteiger partial charge in [0.1, 0.15) is 5.52 Å². The second-order valence-corrected chi connectivity index (χ2v) is 5.70. The highest BCUT2D eigenvalue weighted by Crippen LogP contribution is 2.28. The van der Waals surface area contributed by atoms with Crippen molar-refractivity contribution in [2.75, 3.05) is 0 Å². The van der Waals surface area contributed by atoms with Crippen LogP contribution >= 0.6 is 0 Å². The van der Waals surface area contributed by atoms with E-state index in [1.54, 1.807) is 15.3 Å². The largest absolute Gasteiger partial charge is 0.373 e. The molecule has 0 spiro atoms. The van der Waals surface area contributed by atoms with E-state index < -0.39 is 0 Å². The van der Waals surface area contributed by atoms with Crippen molar-refractivity contribution < 1.29 is 9.59 Å². The molecule has 0 bridgehead atoms. The summed E-state index contributed by atoms with van der Waals surface area (Å²) in [6.45, 7) is 4.59. The van der Waals surface area contributed by atoms with Gasteiger partial charge in [0.05, 0.1) is 11.3 Å². The van der Waals surface area contributed by atoms with Crippen LogP contribution < -0.4 is 5.56 Å². The SMILES string of the molecule is CCc1nn2c(nnc3c(=O)n(CC)ccc32)c1-c1ccccc1.O=C=O. The Morgan fingerprint density at radius 1 is 1.04 bits per heavy atom. The summed E-state index contributed by atoms with van der Waals surface area (Å²) in [7, 11) is 0. The van der Waals surface area contributed by atoms with Crippen LogP contribution in [0.4, 0.5) is 0 Å². The molecular formula is C19H17N5O3. The molecule has 1 aromatic carbocycles. The Balaban J connectivity index is 0.000000659. The van der Waals surface area contributed by atoms with E-state index in [-0.39, 0.29) is 11.7 Å². The predicted molar refractivity (Wildman–Crippen MR) is 98.0 cm³/mol. The minimum Gasteiger partial charge on any atom is -0.314 e. The van der Waals surface area contributed by atoms with Gasteiger partial charge in [-0.1, -0.05) is 37.3 Å². The molecule has 0 aliphatic heterocycles. The molecule has 0 fully saturated rings. The minimum atomic E-state index is -0.140. The van der Waals surface area contributed by atoms with Gasteiger partial charge in [0, 0.05) is 12.7 Å². The van der Waals surface area contributed by atoms with Crippen LogP contribution in [0.25, 0.3) is 27.8 Å². The second kappa shape index (κ2) is 7.72. The summed E-state index contributed by atoms with van der Waals surface area (Å²) in [6, 6.07) is 11.9. The topological polar surface area (TPSA) is 99.2 Å². The number of benzene rings is 1. The first-order valence-corrected chi connectivity index (χ1v) is 8.48. The fraction of sp³-hybridized carbons (Fsp3) is 0.211. The summed E-state index contributed by atoms with van der Waals surface area (Å²) >= 11 is 0. The van der Waals surface area contributed by atoms with Gasteiger partial charge in [0.25, 0.3) is 5.56 Å². The van der Waals surface area contributed by atoms with Gasteiger partial charge in [-0.3, -0.25) is 4.79 Å². The first-order valence-electron chi connectivity index (χ1n) is 8.48. The van der Waals surface area contributed by atoms with E-state index in [4.69, 9.17) is 14.7 Å². The molecule has 0 saturated heterocycles. The minimum absolute atomic E-state index is 0.140. The van der Waals surface area contributed by atoms with Crippen LogP contribution in [0.3, 0.4) is 0 Å². The average molecular weight is 363 g/mol. The Bertz CT molecular complexity index is 1190. The highest BCUT2D eigenvalue weighted by atomic mass is 16.2. The maximum atomic E-state index is 12.5. The zero-order chi connectivity index (χ0) is 19.4. The summed E-state index contributed by atoms with van der Waals surface area (Å²) in [5.41, 5.74) is 4.55. The Labute approximate surface area is 154 Å². The zero-order valence-corrected chi connectivity index (χ0v) is 14.9. The van der Waals surface area contributed by atoms with Crippen molar-refractivity contribution in [3.63, 3.8) is 0 Å². The molecule has 136 valence electrons. The maximum absolute atomic E-state index is 12.5. The third-order valence-corrected chi connectivity index (χ3v) is 4.26.